The summed E-state index contributed by atoms with van der Waals surface area (Å²) in [5.41, 5.74) is 6.44. The first-order valence-corrected chi connectivity index (χ1v) is 4.80. The van der Waals surface area contributed by atoms with Gasteiger partial charge in [0.2, 0.25) is 5.91 Å². The lowest BCUT2D eigenvalue weighted by atomic mass is 10.2. The molecule has 0 aliphatic rings. The summed E-state index contributed by atoms with van der Waals surface area (Å²) in [6.07, 6.45) is 4.07. The number of nitrogens with one attached hydrogen (secondary N) is 2. The average molecular weight is 195 g/mol. The summed E-state index contributed by atoms with van der Waals surface area (Å²) in [6, 6.07) is 1.89. The summed E-state index contributed by atoms with van der Waals surface area (Å²) in [7, 11) is 0. The molecule has 1 atom stereocenters. The predicted octanol–water partition coefficient (Wildman–Crippen LogP) is 0.268. The zero-order valence-corrected chi connectivity index (χ0v) is 8.42. The van der Waals surface area contributed by atoms with E-state index in [9.17, 15) is 4.79 Å². The molecular formula is C10H17N3O. The minimum Gasteiger partial charge on any atom is -0.367 e. The number of rotatable bonds is 5. The SMILES string of the molecule is CC(CN)CNC(=O)Cc1cc[nH]c1. The molecule has 1 unspecified atom stereocenters. The van der Waals surface area contributed by atoms with Crippen LogP contribution in [0.15, 0.2) is 18.5 Å². The molecule has 0 aromatic carbocycles. The van der Waals surface area contributed by atoms with Crippen LogP contribution in [-0.2, 0) is 11.2 Å². The first kappa shape index (κ1) is 10.8. The maximum atomic E-state index is 11.4. The number of nitrogens with two attached hydrogens (primary N) is 1. The highest BCUT2D eigenvalue weighted by molar-refractivity contribution is 5.78. The third kappa shape index (κ3) is 3.62. The van der Waals surface area contributed by atoms with Gasteiger partial charge in [0.05, 0.1) is 6.42 Å². The van der Waals surface area contributed by atoms with Gasteiger partial charge in [-0.2, -0.15) is 0 Å². The Balaban J connectivity index is 2.23. The molecule has 1 heterocycles. The molecule has 1 aromatic heterocycles. The lowest BCUT2D eigenvalue weighted by Crippen LogP contribution is -2.32. The fourth-order valence-corrected chi connectivity index (χ4v) is 1.09. The number of aromatic amines is 1. The van der Waals surface area contributed by atoms with E-state index < -0.39 is 0 Å². The number of H-pyrrole nitrogens is 1. The van der Waals surface area contributed by atoms with E-state index in [0.717, 1.165) is 5.56 Å². The monoisotopic (exact) mass is 195 g/mol. The lowest BCUT2D eigenvalue weighted by Gasteiger charge is -2.09. The van der Waals surface area contributed by atoms with Gasteiger partial charge in [-0.15, -0.1) is 0 Å². The van der Waals surface area contributed by atoms with Crippen LogP contribution in [0, 0.1) is 5.92 Å². The molecule has 1 amide bonds. The molecule has 0 bridgehead atoms. The van der Waals surface area contributed by atoms with Crippen LogP contribution in [0.25, 0.3) is 0 Å². The zero-order valence-electron chi connectivity index (χ0n) is 8.42. The van der Waals surface area contributed by atoms with Gasteiger partial charge in [-0.05, 0) is 24.1 Å². The van der Waals surface area contributed by atoms with Gasteiger partial charge in [-0.3, -0.25) is 4.79 Å². The van der Waals surface area contributed by atoms with Crippen molar-refractivity contribution in [3.8, 4) is 0 Å². The maximum Gasteiger partial charge on any atom is 0.224 e. The van der Waals surface area contributed by atoms with Crippen molar-refractivity contribution in [3.63, 3.8) is 0 Å². The Morgan fingerprint density at radius 3 is 3.07 bits per heavy atom. The average Bonchev–Trinajstić information content (AvgIpc) is 2.66. The summed E-state index contributed by atoms with van der Waals surface area (Å²) >= 11 is 0. The minimum absolute atomic E-state index is 0.0462. The predicted molar refractivity (Wildman–Crippen MR) is 55.7 cm³/mol. The summed E-state index contributed by atoms with van der Waals surface area (Å²) in [5, 5.41) is 2.84. The van der Waals surface area contributed by atoms with Crippen LogP contribution in [-0.4, -0.2) is 24.0 Å². The maximum absolute atomic E-state index is 11.4. The molecule has 0 aliphatic heterocycles. The fourth-order valence-electron chi connectivity index (χ4n) is 1.09. The molecule has 0 saturated heterocycles. The number of hydrogen-bond donors (Lipinski definition) is 3. The molecule has 0 spiro atoms. The van der Waals surface area contributed by atoms with Crippen LogP contribution in [0.2, 0.25) is 0 Å². The second kappa shape index (κ2) is 5.44. The summed E-state index contributed by atoms with van der Waals surface area (Å²) in [4.78, 5) is 14.3. The van der Waals surface area contributed by atoms with Crippen molar-refractivity contribution in [1.29, 1.82) is 0 Å². The van der Waals surface area contributed by atoms with E-state index in [0.29, 0.717) is 25.4 Å². The summed E-state index contributed by atoms with van der Waals surface area (Å²) in [6.45, 7) is 3.26. The van der Waals surface area contributed by atoms with Crippen LogP contribution in [0.3, 0.4) is 0 Å². The third-order valence-electron chi connectivity index (χ3n) is 2.08. The van der Waals surface area contributed by atoms with E-state index in [4.69, 9.17) is 5.73 Å². The quantitative estimate of drug-likeness (QED) is 0.631. The van der Waals surface area contributed by atoms with Crippen molar-refractivity contribution in [1.82, 2.24) is 10.3 Å². The Kier molecular flexibility index (Phi) is 4.19. The molecule has 1 rings (SSSR count). The summed E-state index contributed by atoms with van der Waals surface area (Å²) in [5.74, 6) is 0.384. The number of carbonyl (C=O) groups excluding carboxylic acids is 1. The standard InChI is InChI=1S/C10H17N3O/c1-8(5-11)6-13-10(14)4-9-2-3-12-7-9/h2-3,7-8,12H,4-6,11H2,1H3,(H,13,14). The molecule has 4 N–H and O–H groups in total. The minimum atomic E-state index is 0.0462. The number of aromatic nitrogens is 1. The first-order chi connectivity index (χ1) is 6.72. The molecule has 0 aliphatic carbocycles. The largest absolute Gasteiger partial charge is 0.367 e. The van der Waals surface area contributed by atoms with Crippen LogP contribution in [0.4, 0.5) is 0 Å². The highest BCUT2D eigenvalue weighted by atomic mass is 16.1. The van der Waals surface area contributed by atoms with Crippen molar-refractivity contribution >= 4 is 5.91 Å². The lowest BCUT2D eigenvalue weighted by molar-refractivity contribution is -0.120. The second-order valence-corrected chi connectivity index (χ2v) is 3.54. The Morgan fingerprint density at radius 2 is 2.50 bits per heavy atom. The van der Waals surface area contributed by atoms with Gasteiger partial charge in [-0.25, -0.2) is 0 Å². The van der Waals surface area contributed by atoms with E-state index >= 15 is 0 Å². The van der Waals surface area contributed by atoms with E-state index in [1.165, 1.54) is 0 Å². The molecule has 4 heteroatoms. The Morgan fingerprint density at radius 1 is 1.71 bits per heavy atom. The van der Waals surface area contributed by atoms with Gasteiger partial charge in [0.1, 0.15) is 0 Å². The van der Waals surface area contributed by atoms with Crippen molar-refractivity contribution in [3.05, 3.63) is 24.0 Å². The van der Waals surface area contributed by atoms with Gasteiger partial charge in [0, 0.05) is 18.9 Å². The Bertz CT molecular complexity index is 269. The van der Waals surface area contributed by atoms with Gasteiger partial charge >= 0.3 is 0 Å². The topological polar surface area (TPSA) is 70.9 Å². The van der Waals surface area contributed by atoms with Crippen molar-refractivity contribution in [2.45, 2.75) is 13.3 Å². The number of hydrogen-bond acceptors (Lipinski definition) is 2. The second-order valence-electron chi connectivity index (χ2n) is 3.54. The van der Waals surface area contributed by atoms with E-state index in [1.807, 2.05) is 25.4 Å². The molecule has 0 radical (unpaired) electrons. The van der Waals surface area contributed by atoms with Gasteiger partial charge in [-0.1, -0.05) is 6.92 Å². The van der Waals surface area contributed by atoms with Crippen molar-refractivity contribution in [2.75, 3.05) is 13.1 Å². The van der Waals surface area contributed by atoms with Crippen LogP contribution in [0.5, 0.6) is 0 Å². The van der Waals surface area contributed by atoms with Crippen LogP contribution in [0.1, 0.15) is 12.5 Å². The van der Waals surface area contributed by atoms with Gasteiger partial charge in [0.25, 0.3) is 0 Å². The Hall–Kier alpha value is -1.29. The molecule has 4 nitrogen and oxygen atoms in total. The molecular weight excluding hydrogens is 178 g/mol. The molecule has 0 fully saturated rings. The summed E-state index contributed by atoms with van der Waals surface area (Å²) < 4.78 is 0. The van der Waals surface area contributed by atoms with E-state index in [1.54, 1.807) is 0 Å². The van der Waals surface area contributed by atoms with Crippen LogP contribution >= 0.6 is 0 Å². The zero-order chi connectivity index (χ0) is 10.4. The highest BCUT2D eigenvalue weighted by Crippen LogP contribution is 1.97. The molecule has 1 aromatic rings. The van der Waals surface area contributed by atoms with Crippen LogP contribution < -0.4 is 11.1 Å². The fraction of sp³-hybridized carbons (Fsp3) is 0.500. The van der Waals surface area contributed by atoms with Crippen molar-refractivity contribution in [2.24, 2.45) is 11.7 Å². The first-order valence-electron chi connectivity index (χ1n) is 4.80. The molecule has 78 valence electrons. The van der Waals surface area contributed by atoms with Gasteiger partial charge in [0.15, 0.2) is 0 Å². The molecule has 14 heavy (non-hydrogen) atoms. The third-order valence-corrected chi connectivity index (χ3v) is 2.08. The van der Waals surface area contributed by atoms with Gasteiger partial charge < -0.3 is 16.0 Å². The van der Waals surface area contributed by atoms with E-state index in [2.05, 4.69) is 10.3 Å². The molecule has 0 saturated carbocycles. The highest BCUT2D eigenvalue weighted by Gasteiger charge is 2.05. The smallest absolute Gasteiger partial charge is 0.224 e. The van der Waals surface area contributed by atoms with Crippen molar-refractivity contribution < 1.29 is 4.79 Å². The Labute approximate surface area is 83.9 Å². The number of amides is 1. The van der Waals surface area contributed by atoms with E-state index in [-0.39, 0.29) is 5.91 Å². The normalized spacial score (nSPS) is 12.4. The number of carbonyl (C=O) groups is 1.